The number of benzene rings is 1. The number of aliphatic hydroxyl groups is 1. The van der Waals surface area contributed by atoms with Gasteiger partial charge in [-0.15, -0.1) is 0 Å². The van der Waals surface area contributed by atoms with Gasteiger partial charge in [-0.25, -0.2) is 0 Å². The summed E-state index contributed by atoms with van der Waals surface area (Å²) < 4.78 is 0.953. The van der Waals surface area contributed by atoms with Crippen molar-refractivity contribution in [1.29, 1.82) is 0 Å². The average molecular weight is 304 g/mol. The molecule has 1 fully saturated rings. The zero-order chi connectivity index (χ0) is 11.5. The van der Waals surface area contributed by atoms with Crippen LogP contribution in [0.15, 0.2) is 22.7 Å². The van der Waals surface area contributed by atoms with Crippen molar-refractivity contribution in [3.63, 3.8) is 0 Å². The van der Waals surface area contributed by atoms with Crippen LogP contribution in [-0.4, -0.2) is 5.11 Å². The fraction of sp³-hybridized carbons (Fsp3) is 0.538. The van der Waals surface area contributed by atoms with Crippen LogP contribution in [-0.2, 0) is 0 Å². The normalized spacial score (nSPS) is 18.9. The number of hydrogen-bond acceptors (Lipinski definition) is 1. The van der Waals surface area contributed by atoms with Gasteiger partial charge in [-0.05, 0) is 30.0 Å². The molecule has 0 saturated heterocycles. The number of halogens is 2. The second kappa shape index (κ2) is 5.52. The van der Waals surface area contributed by atoms with Crippen molar-refractivity contribution in [2.45, 2.75) is 38.2 Å². The molecule has 1 unspecified atom stereocenters. The molecule has 16 heavy (non-hydrogen) atoms. The maximum atomic E-state index is 10.2. The quantitative estimate of drug-likeness (QED) is 0.857. The molecule has 3 heteroatoms. The van der Waals surface area contributed by atoms with E-state index in [4.69, 9.17) is 11.6 Å². The van der Waals surface area contributed by atoms with Crippen molar-refractivity contribution in [3.8, 4) is 0 Å². The largest absolute Gasteiger partial charge is 0.388 e. The Hall–Kier alpha value is -0.0500. The van der Waals surface area contributed by atoms with Crippen molar-refractivity contribution in [2.24, 2.45) is 5.92 Å². The van der Waals surface area contributed by atoms with Gasteiger partial charge in [-0.1, -0.05) is 59.3 Å². The maximum Gasteiger partial charge on any atom is 0.0807 e. The van der Waals surface area contributed by atoms with Crippen LogP contribution >= 0.6 is 27.5 Å². The minimum absolute atomic E-state index is 0.413. The summed E-state index contributed by atoms with van der Waals surface area (Å²) in [4.78, 5) is 0. The molecule has 1 aliphatic carbocycles. The fourth-order valence-electron chi connectivity index (χ4n) is 2.46. The molecule has 0 bridgehead atoms. The van der Waals surface area contributed by atoms with Crippen molar-refractivity contribution >= 4 is 27.5 Å². The Morgan fingerprint density at radius 2 is 2.06 bits per heavy atom. The molecule has 1 N–H and O–H groups in total. The van der Waals surface area contributed by atoms with E-state index < -0.39 is 6.10 Å². The van der Waals surface area contributed by atoms with E-state index >= 15 is 0 Å². The van der Waals surface area contributed by atoms with Gasteiger partial charge in [-0.2, -0.15) is 0 Å². The SMILES string of the molecule is OC(CC1CCCC1)c1ccc(Br)cc1Cl. The second-order valence-electron chi connectivity index (χ2n) is 4.57. The first-order chi connectivity index (χ1) is 7.66. The van der Waals surface area contributed by atoms with Crippen molar-refractivity contribution < 1.29 is 5.11 Å². The van der Waals surface area contributed by atoms with Crippen LogP contribution in [0.1, 0.15) is 43.8 Å². The van der Waals surface area contributed by atoms with Crippen LogP contribution in [0.5, 0.6) is 0 Å². The third kappa shape index (κ3) is 2.99. The van der Waals surface area contributed by atoms with E-state index in [1.54, 1.807) is 0 Å². The van der Waals surface area contributed by atoms with E-state index in [1.807, 2.05) is 18.2 Å². The summed E-state index contributed by atoms with van der Waals surface area (Å²) in [6, 6.07) is 5.68. The molecule has 1 aromatic rings. The van der Waals surface area contributed by atoms with Gasteiger partial charge in [0.05, 0.1) is 6.10 Å². The summed E-state index contributed by atoms with van der Waals surface area (Å²) >= 11 is 9.49. The summed E-state index contributed by atoms with van der Waals surface area (Å²) in [6.45, 7) is 0. The predicted molar refractivity (Wildman–Crippen MR) is 70.7 cm³/mol. The van der Waals surface area contributed by atoms with Crippen LogP contribution in [0.4, 0.5) is 0 Å². The Labute approximate surface area is 110 Å². The molecule has 1 aliphatic rings. The Morgan fingerprint density at radius 3 is 2.69 bits per heavy atom. The van der Waals surface area contributed by atoms with Crippen LogP contribution in [0.3, 0.4) is 0 Å². The van der Waals surface area contributed by atoms with Crippen LogP contribution in [0.2, 0.25) is 5.02 Å². The zero-order valence-corrected chi connectivity index (χ0v) is 11.5. The van der Waals surface area contributed by atoms with Crippen LogP contribution < -0.4 is 0 Å². The molecule has 0 amide bonds. The predicted octanol–water partition coefficient (Wildman–Crippen LogP) is 4.72. The van der Waals surface area contributed by atoms with Crippen molar-refractivity contribution in [3.05, 3.63) is 33.3 Å². The molecule has 2 rings (SSSR count). The summed E-state index contributed by atoms with van der Waals surface area (Å²) in [7, 11) is 0. The summed E-state index contributed by atoms with van der Waals surface area (Å²) in [5, 5.41) is 10.8. The summed E-state index contributed by atoms with van der Waals surface area (Å²) in [6.07, 6.45) is 5.57. The van der Waals surface area contributed by atoms with Crippen molar-refractivity contribution in [1.82, 2.24) is 0 Å². The highest BCUT2D eigenvalue weighted by Gasteiger charge is 2.21. The van der Waals surface area contributed by atoms with Crippen LogP contribution in [0.25, 0.3) is 0 Å². The monoisotopic (exact) mass is 302 g/mol. The highest BCUT2D eigenvalue weighted by molar-refractivity contribution is 9.10. The van der Waals surface area contributed by atoms with E-state index in [2.05, 4.69) is 15.9 Å². The minimum atomic E-state index is -0.413. The lowest BCUT2D eigenvalue weighted by molar-refractivity contribution is 0.145. The first kappa shape index (κ1) is 12.4. The average Bonchev–Trinajstić information content (AvgIpc) is 2.70. The molecule has 1 aromatic carbocycles. The van der Waals surface area contributed by atoms with Gasteiger partial charge in [0.25, 0.3) is 0 Å². The fourth-order valence-corrected chi connectivity index (χ4v) is 3.26. The standard InChI is InChI=1S/C13H16BrClO/c14-10-5-6-11(12(15)8-10)13(16)7-9-3-1-2-4-9/h5-6,8-9,13,16H,1-4,7H2. The molecule has 1 saturated carbocycles. The van der Waals surface area contributed by atoms with Crippen LogP contribution in [0, 0.1) is 5.92 Å². The molecule has 0 aromatic heterocycles. The molecule has 0 spiro atoms. The van der Waals surface area contributed by atoms with Gasteiger partial charge < -0.3 is 5.11 Å². The van der Waals surface area contributed by atoms with E-state index in [0.717, 1.165) is 16.5 Å². The topological polar surface area (TPSA) is 20.2 Å². The first-order valence-corrected chi connectivity index (χ1v) is 6.97. The Balaban J connectivity index is 2.04. The molecule has 0 aliphatic heterocycles. The number of rotatable bonds is 3. The number of aliphatic hydroxyl groups excluding tert-OH is 1. The molecule has 0 heterocycles. The van der Waals surface area contributed by atoms with Gasteiger partial charge in [0.15, 0.2) is 0 Å². The van der Waals surface area contributed by atoms with Gasteiger partial charge in [0.1, 0.15) is 0 Å². The van der Waals surface area contributed by atoms with Crippen molar-refractivity contribution in [2.75, 3.05) is 0 Å². The molecular weight excluding hydrogens is 287 g/mol. The highest BCUT2D eigenvalue weighted by atomic mass is 79.9. The lowest BCUT2D eigenvalue weighted by Gasteiger charge is -2.16. The van der Waals surface area contributed by atoms with E-state index in [9.17, 15) is 5.11 Å². The molecular formula is C13H16BrClO. The molecule has 88 valence electrons. The number of hydrogen-bond donors (Lipinski definition) is 1. The highest BCUT2D eigenvalue weighted by Crippen LogP contribution is 2.35. The van der Waals surface area contributed by atoms with E-state index in [1.165, 1.54) is 25.7 Å². The molecule has 0 radical (unpaired) electrons. The third-order valence-electron chi connectivity index (χ3n) is 3.35. The Bertz CT molecular complexity index is 361. The van der Waals surface area contributed by atoms with E-state index in [0.29, 0.717) is 10.9 Å². The van der Waals surface area contributed by atoms with Gasteiger partial charge in [0, 0.05) is 9.50 Å². The summed E-state index contributed by atoms with van der Waals surface area (Å²) in [5.41, 5.74) is 0.858. The smallest absolute Gasteiger partial charge is 0.0807 e. The zero-order valence-electron chi connectivity index (χ0n) is 9.13. The lowest BCUT2D eigenvalue weighted by Crippen LogP contribution is -2.04. The lowest BCUT2D eigenvalue weighted by atomic mass is 9.96. The van der Waals surface area contributed by atoms with Gasteiger partial charge in [0.2, 0.25) is 0 Å². The summed E-state index contributed by atoms with van der Waals surface area (Å²) in [5.74, 6) is 0.676. The second-order valence-corrected chi connectivity index (χ2v) is 5.89. The Morgan fingerprint density at radius 1 is 1.38 bits per heavy atom. The van der Waals surface area contributed by atoms with Gasteiger partial charge >= 0.3 is 0 Å². The third-order valence-corrected chi connectivity index (χ3v) is 4.17. The van der Waals surface area contributed by atoms with E-state index in [-0.39, 0.29) is 0 Å². The van der Waals surface area contributed by atoms with Gasteiger partial charge in [-0.3, -0.25) is 0 Å². The molecule has 1 nitrogen and oxygen atoms in total. The Kier molecular flexibility index (Phi) is 4.28. The molecule has 1 atom stereocenters. The minimum Gasteiger partial charge on any atom is -0.388 e. The first-order valence-electron chi connectivity index (χ1n) is 5.80. The maximum absolute atomic E-state index is 10.2.